The minimum Gasteiger partial charge on any atom is -0.497 e. The number of amides is 1. The molecule has 3 aromatic rings. The summed E-state index contributed by atoms with van der Waals surface area (Å²) in [4.78, 5) is 34.2. The van der Waals surface area contributed by atoms with Crippen LogP contribution in [0, 0.1) is 6.92 Å². The minimum atomic E-state index is -0.543. The molecule has 1 saturated heterocycles. The summed E-state index contributed by atoms with van der Waals surface area (Å²) < 4.78 is 12.6. The van der Waals surface area contributed by atoms with Crippen LogP contribution in [0.25, 0.3) is 10.9 Å². The summed E-state index contributed by atoms with van der Waals surface area (Å²) in [6.07, 6.45) is 2.57. The molecule has 1 aliphatic rings. The van der Waals surface area contributed by atoms with Crippen molar-refractivity contribution in [3.63, 3.8) is 0 Å². The summed E-state index contributed by atoms with van der Waals surface area (Å²) in [5.41, 5.74) is 2.63. The monoisotopic (exact) mass is 508 g/mol. The number of aliphatic hydroxyl groups excluding tert-OH is 1. The number of ether oxygens (including phenoxy) is 2. The van der Waals surface area contributed by atoms with Crippen LogP contribution in [0.2, 0.25) is 0 Å². The molecule has 0 bridgehead atoms. The Balaban J connectivity index is 1.62. The Kier molecular flexibility index (Phi) is 7.73. The van der Waals surface area contributed by atoms with Crippen molar-refractivity contribution in [1.29, 1.82) is 0 Å². The zero-order chi connectivity index (χ0) is 26.7. The van der Waals surface area contributed by atoms with E-state index in [-0.39, 0.29) is 24.3 Å². The van der Waals surface area contributed by atoms with Crippen molar-refractivity contribution in [2.45, 2.75) is 52.2 Å². The van der Waals surface area contributed by atoms with E-state index in [4.69, 9.17) is 9.47 Å². The lowest BCUT2D eigenvalue weighted by atomic mass is 10.0. The van der Waals surface area contributed by atoms with Crippen LogP contribution in [0.5, 0.6) is 5.75 Å². The highest BCUT2D eigenvalue weighted by Gasteiger charge is 2.28. The third-order valence-corrected chi connectivity index (χ3v) is 6.49. The molecule has 0 atom stereocenters. The van der Waals surface area contributed by atoms with Gasteiger partial charge in [0.25, 0.3) is 5.56 Å². The number of benzene rings is 2. The van der Waals surface area contributed by atoms with E-state index >= 15 is 0 Å². The molecule has 198 valence electrons. The first-order chi connectivity index (χ1) is 17.6. The average Bonchev–Trinajstić information content (AvgIpc) is 2.86. The van der Waals surface area contributed by atoms with Crippen molar-refractivity contribution >= 4 is 28.4 Å². The SMILES string of the molecule is COc1cc(C)cc(N(CCO)c2ccc3ncn(C4CCN(C(=O)OC(C)(C)C)CC4)c(=O)c3c2)c1. The number of anilines is 2. The van der Waals surface area contributed by atoms with E-state index in [0.29, 0.717) is 43.4 Å². The maximum atomic E-state index is 13.6. The molecule has 0 unspecified atom stereocenters. The van der Waals surface area contributed by atoms with Gasteiger partial charge >= 0.3 is 6.09 Å². The standard InChI is InChI=1S/C28H36N4O5/c1-19-14-22(16-23(15-19)36-5)31(12-13-33)21-6-7-25-24(17-21)26(34)32(18-29-25)20-8-10-30(11-9-20)27(35)37-28(2,3)4/h6-7,14-18,20,33H,8-13H2,1-5H3. The second-order valence-electron chi connectivity index (χ2n) is 10.4. The van der Waals surface area contributed by atoms with Gasteiger partial charge in [0.15, 0.2) is 0 Å². The van der Waals surface area contributed by atoms with E-state index in [0.717, 1.165) is 22.7 Å². The number of aliphatic hydroxyl groups is 1. The Morgan fingerprint density at radius 3 is 2.51 bits per heavy atom. The molecular weight excluding hydrogens is 472 g/mol. The summed E-state index contributed by atoms with van der Waals surface area (Å²) >= 11 is 0. The van der Waals surface area contributed by atoms with Crippen LogP contribution in [0.15, 0.2) is 47.5 Å². The maximum absolute atomic E-state index is 13.6. The number of carbonyl (C=O) groups excluding carboxylic acids is 1. The number of rotatable bonds is 6. The molecule has 0 radical (unpaired) electrons. The van der Waals surface area contributed by atoms with Crippen LogP contribution in [0.1, 0.15) is 45.2 Å². The molecule has 0 aliphatic carbocycles. The molecule has 1 N–H and O–H groups in total. The minimum absolute atomic E-state index is 0.0538. The largest absolute Gasteiger partial charge is 0.497 e. The van der Waals surface area contributed by atoms with Crippen LogP contribution < -0.4 is 15.2 Å². The van der Waals surface area contributed by atoms with Gasteiger partial charge in [0.05, 0.1) is 30.9 Å². The highest BCUT2D eigenvalue weighted by molar-refractivity contribution is 5.83. The first-order valence-electron chi connectivity index (χ1n) is 12.6. The molecule has 4 rings (SSSR count). The Morgan fingerprint density at radius 2 is 1.86 bits per heavy atom. The number of hydrogen-bond acceptors (Lipinski definition) is 7. The lowest BCUT2D eigenvalue weighted by Gasteiger charge is -2.34. The zero-order valence-corrected chi connectivity index (χ0v) is 22.2. The average molecular weight is 509 g/mol. The fourth-order valence-electron chi connectivity index (χ4n) is 4.71. The smallest absolute Gasteiger partial charge is 0.410 e. The normalized spacial score (nSPS) is 14.6. The molecule has 9 heteroatoms. The van der Waals surface area contributed by atoms with Crippen LogP contribution in [-0.2, 0) is 4.74 Å². The molecule has 2 heterocycles. The van der Waals surface area contributed by atoms with Crippen molar-refractivity contribution < 1.29 is 19.4 Å². The van der Waals surface area contributed by atoms with Crippen molar-refractivity contribution in [1.82, 2.24) is 14.5 Å². The van der Waals surface area contributed by atoms with Crippen molar-refractivity contribution in [3.05, 3.63) is 58.6 Å². The molecule has 37 heavy (non-hydrogen) atoms. The second kappa shape index (κ2) is 10.8. The highest BCUT2D eigenvalue weighted by Crippen LogP contribution is 2.31. The van der Waals surface area contributed by atoms with Crippen LogP contribution in [0.4, 0.5) is 16.2 Å². The fraction of sp³-hybridized carbons (Fsp3) is 0.464. The number of likely N-dealkylation sites (tertiary alicyclic amines) is 1. The molecule has 2 aromatic carbocycles. The Bertz CT molecular complexity index is 1320. The van der Waals surface area contributed by atoms with Crippen molar-refractivity contribution in [2.75, 3.05) is 38.3 Å². The predicted octanol–water partition coefficient (Wildman–Crippen LogP) is 4.42. The summed E-state index contributed by atoms with van der Waals surface area (Å²) in [6.45, 7) is 8.88. The summed E-state index contributed by atoms with van der Waals surface area (Å²) in [6, 6.07) is 11.4. The predicted molar refractivity (Wildman–Crippen MR) is 144 cm³/mol. The van der Waals surface area contributed by atoms with Crippen molar-refractivity contribution in [2.24, 2.45) is 0 Å². The van der Waals surface area contributed by atoms with E-state index in [1.165, 1.54) is 0 Å². The lowest BCUT2D eigenvalue weighted by molar-refractivity contribution is 0.0187. The van der Waals surface area contributed by atoms with Crippen molar-refractivity contribution in [3.8, 4) is 5.75 Å². The topological polar surface area (TPSA) is 97.1 Å². The molecule has 0 saturated carbocycles. The Labute approximate surface area is 217 Å². The number of piperidine rings is 1. The van der Waals surface area contributed by atoms with Gasteiger partial charge in [-0.05, 0) is 76.4 Å². The first kappa shape index (κ1) is 26.5. The number of nitrogens with zero attached hydrogens (tertiary/aromatic N) is 4. The molecule has 1 aliphatic heterocycles. The van der Waals surface area contributed by atoms with E-state index < -0.39 is 5.60 Å². The van der Waals surface area contributed by atoms with Gasteiger partial charge < -0.3 is 24.4 Å². The first-order valence-corrected chi connectivity index (χ1v) is 12.6. The van der Waals surface area contributed by atoms with E-state index in [1.807, 2.05) is 69.0 Å². The molecule has 0 spiro atoms. The van der Waals surface area contributed by atoms with Gasteiger partial charge in [-0.25, -0.2) is 9.78 Å². The Morgan fingerprint density at radius 1 is 1.14 bits per heavy atom. The number of aromatic nitrogens is 2. The van der Waals surface area contributed by atoms with Gasteiger partial charge in [0.1, 0.15) is 11.4 Å². The number of aryl methyl sites for hydroxylation is 1. The van der Waals surface area contributed by atoms with E-state index in [2.05, 4.69) is 4.98 Å². The molecular formula is C28H36N4O5. The maximum Gasteiger partial charge on any atom is 0.410 e. The van der Waals surface area contributed by atoms with Crippen LogP contribution >= 0.6 is 0 Å². The fourth-order valence-corrected chi connectivity index (χ4v) is 4.71. The molecule has 1 aromatic heterocycles. The van der Waals surface area contributed by atoms with E-state index in [1.54, 1.807) is 22.9 Å². The zero-order valence-electron chi connectivity index (χ0n) is 22.2. The highest BCUT2D eigenvalue weighted by atomic mass is 16.6. The quantitative estimate of drug-likeness (QED) is 0.527. The van der Waals surface area contributed by atoms with Gasteiger partial charge in [0, 0.05) is 43.1 Å². The van der Waals surface area contributed by atoms with Gasteiger partial charge in [-0.1, -0.05) is 0 Å². The van der Waals surface area contributed by atoms with Gasteiger partial charge in [-0.2, -0.15) is 0 Å². The molecule has 1 amide bonds. The molecule has 9 nitrogen and oxygen atoms in total. The van der Waals surface area contributed by atoms with E-state index in [9.17, 15) is 14.7 Å². The third kappa shape index (κ3) is 6.05. The van der Waals surface area contributed by atoms with Crippen LogP contribution in [0.3, 0.4) is 0 Å². The second-order valence-corrected chi connectivity index (χ2v) is 10.4. The lowest BCUT2D eigenvalue weighted by Crippen LogP contribution is -2.43. The third-order valence-electron chi connectivity index (χ3n) is 6.49. The number of carbonyl (C=O) groups is 1. The number of fused-ring (bicyclic) bond motifs is 1. The van der Waals surface area contributed by atoms with Gasteiger partial charge in [-0.15, -0.1) is 0 Å². The Hall–Kier alpha value is -3.59. The summed E-state index contributed by atoms with van der Waals surface area (Å²) in [7, 11) is 1.62. The molecule has 1 fully saturated rings. The number of methoxy groups -OCH3 is 1. The number of hydrogen-bond donors (Lipinski definition) is 1. The van der Waals surface area contributed by atoms with Gasteiger partial charge in [-0.3, -0.25) is 9.36 Å². The van der Waals surface area contributed by atoms with Crippen LogP contribution in [-0.4, -0.2) is 64.6 Å². The summed E-state index contributed by atoms with van der Waals surface area (Å²) in [5.74, 6) is 0.723. The van der Waals surface area contributed by atoms with Gasteiger partial charge in [0.2, 0.25) is 0 Å². The summed E-state index contributed by atoms with van der Waals surface area (Å²) in [5, 5.41) is 10.3.